The molecule has 2 aromatic carbocycles. The highest BCUT2D eigenvalue weighted by Crippen LogP contribution is 2.43. The summed E-state index contributed by atoms with van der Waals surface area (Å²) < 4.78 is 17.8. The summed E-state index contributed by atoms with van der Waals surface area (Å²) in [6.45, 7) is 15.2. The zero-order valence-electron chi connectivity index (χ0n) is 25.6. The average molecular weight is 582 g/mol. The zero-order valence-corrected chi connectivity index (χ0v) is 26.6. The predicted molar refractivity (Wildman–Crippen MR) is 166 cm³/mol. The maximum Gasteiger partial charge on any atom is 0.411 e. The lowest BCUT2D eigenvalue weighted by Crippen LogP contribution is -2.50. The Balaban J connectivity index is 1.87. The Morgan fingerprint density at radius 1 is 0.902 bits per heavy atom. The van der Waals surface area contributed by atoms with E-state index in [1.807, 2.05) is 33.2 Å². The van der Waals surface area contributed by atoms with E-state index < -0.39 is 20.0 Å². The lowest BCUT2D eigenvalue weighted by molar-refractivity contribution is -0.116. The Hall–Kier alpha value is -3.63. The van der Waals surface area contributed by atoms with Crippen molar-refractivity contribution in [3.8, 4) is 5.75 Å². The van der Waals surface area contributed by atoms with Gasteiger partial charge in [-0.1, -0.05) is 41.5 Å². The van der Waals surface area contributed by atoms with Crippen molar-refractivity contribution >= 4 is 42.7 Å². The number of hydrogen-bond donors (Lipinski definition) is 2. The third kappa shape index (κ3) is 7.77. The first-order chi connectivity index (χ1) is 19.2. The predicted octanol–water partition coefficient (Wildman–Crippen LogP) is 6.90. The van der Waals surface area contributed by atoms with E-state index in [2.05, 4.69) is 52.2 Å². The van der Waals surface area contributed by atoms with E-state index in [-0.39, 0.29) is 19.1 Å². The van der Waals surface area contributed by atoms with Crippen LogP contribution in [0.1, 0.15) is 52.7 Å². The van der Waals surface area contributed by atoms with Crippen LogP contribution in [0.3, 0.4) is 0 Å². The largest absolute Gasteiger partial charge is 0.542 e. The van der Waals surface area contributed by atoms with Crippen LogP contribution in [0.15, 0.2) is 51.7 Å². The van der Waals surface area contributed by atoms with Crippen molar-refractivity contribution in [2.75, 3.05) is 31.3 Å². The standard InChI is InChI=1S/C31H43N3O6Si/c1-19(2)41(20(3)4,21(5)6)40-27-13-11-24(32-29(35)17-34(8)9)15-23(27)18-38-31(37)33-25-10-12-26-22(7)14-30(36)39-28(26)16-25/h10-16,19-21H,17-18H2,1-9H3,(H,32,35)(H,33,37). The Bertz CT molecular complexity index is 1430. The lowest BCUT2D eigenvalue weighted by Gasteiger charge is -2.42. The number of carbonyl (C=O) groups excluding carboxylic acids is 2. The number of nitrogens with zero attached hydrogens (tertiary/aromatic N) is 1. The van der Waals surface area contributed by atoms with Gasteiger partial charge in [0, 0.05) is 34.5 Å². The van der Waals surface area contributed by atoms with Gasteiger partial charge in [-0.3, -0.25) is 10.1 Å². The molecule has 0 saturated carbocycles. The molecule has 0 spiro atoms. The van der Waals surface area contributed by atoms with Crippen molar-refractivity contribution in [1.82, 2.24) is 4.90 Å². The summed E-state index contributed by atoms with van der Waals surface area (Å²) in [5.41, 5.74) is 3.42. The van der Waals surface area contributed by atoms with Crippen molar-refractivity contribution in [2.45, 2.75) is 71.7 Å². The van der Waals surface area contributed by atoms with E-state index in [1.54, 1.807) is 29.2 Å². The first-order valence-corrected chi connectivity index (χ1v) is 16.1. The van der Waals surface area contributed by atoms with Gasteiger partial charge in [-0.2, -0.15) is 0 Å². The molecule has 10 heteroatoms. The van der Waals surface area contributed by atoms with Gasteiger partial charge >= 0.3 is 11.7 Å². The monoisotopic (exact) mass is 581 g/mol. The van der Waals surface area contributed by atoms with Gasteiger partial charge in [0.15, 0.2) is 0 Å². The van der Waals surface area contributed by atoms with Gasteiger partial charge in [-0.15, -0.1) is 0 Å². The number of likely N-dealkylation sites (N-methyl/N-ethyl adjacent to an activating group) is 1. The van der Waals surface area contributed by atoms with Crippen molar-refractivity contribution in [3.63, 3.8) is 0 Å². The molecule has 0 fully saturated rings. The molecule has 0 bridgehead atoms. The molecular weight excluding hydrogens is 538 g/mol. The second kappa shape index (κ2) is 13.4. The number of carbonyl (C=O) groups is 2. The molecule has 0 aliphatic carbocycles. The van der Waals surface area contributed by atoms with E-state index in [9.17, 15) is 14.4 Å². The highest BCUT2D eigenvalue weighted by molar-refractivity contribution is 6.78. The van der Waals surface area contributed by atoms with Gasteiger partial charge in [0.2, 0.25) is 5.91 Å². The summed E-state index contributed by atoms with van der Waals surface area (Å²) in [5, 5.41) is 6.40. The van der Waals surface area contributed by atoms with Gasteiger partial charge < -0.3 is 23.8 Å². The minimum Gasteiger partial charge on any atom is -0.542 e. The number of fused-ring (bicyclic) bond motifs is 1. The number of benzene rings is 2. The Morgan fingerprint density at radius 3 is 2.12 bits per heavy atom. The van der Waals surface area contributed by atoms with Gasteiger partial charge in [0.05, 0.1) is 6.54 Å². The summed E-state index contributed by atoms with van der Waals surface area (Å²) in [6.07, 6.45) is -0.674. The molecule has 0 unspecified atom stereocenters. The van der Waals surface area contributed by atoms with Crippen LogP contribution in [0.25, 0.3) is 11.0 Å². The van der Waals surface area contributed by atoms with Crippen molar-refractivity contribution < 1.29 is 23.2 Å². The number of hydrogen-bond acceptors (Lipinski definition) is 7. The van der Waals surface area contributed by atoms with E-state index in [0.29, 0.717) is 44.9 Å². The SMILES string of the molecule is Cc1cc(=O)oc2cc(NC(=O)OCc3cc(NC(=O)CN(C)C)ccc3O[Si](C(C)C)(C(C)C)C(C)C)ccc12. The molecule has 9 nitrogen and oxygen atoms in total. The second-order valence-corrected chi connectivity index (χ2v) is 17.1. The fourth-order valence-electron chi connectivity index (χ4n) is 5.60. The summed E-state index contributed by atoms with van der Waals surface area (Å²) >= 11 is 0. The normalized spacial score (nSPS) is 11.9. The van der Waals surface area contributed by atoms with Gasteiger partial charge in [0.25, 0.3) is 8.32 Å². The van der Waals surface area contributed by atoms with Crippen LogP contribution >= 0.6 is 0 Å². The number of nitrogens with one attached hydrogen (secondary N) is 2. The number of amides is 2. The zero-order chi connectivity index (χ0) is 30.5. The third-order valence-corrected chi connectivity index (χ3v) is 13.3. The van der Waals surface area contributed by atoms with Crippen molar-refractivity contribution in [2.24, 2.45) is 0 Å². The quantitative estimate of drug-likeness (QED) is 0.187. The molecule has 0 aliphatic rings. The van der Waals surface area contributed by atoms with Crippen LogP contribution in [0.2, 0.25) is 16.6 Å². The van der Waals surface area contributed by atoms with Crippen LogP contribution in [-0.2, 0) is 16.1 Å². The van der Waals surface area contributed by atoms with Crippen molar-refractivity contribution in [1.29, 1.82) is 0 Å². The van der Waals surface area contributed by atoms with E-state index in [1.165, 1.54) is 6.07 Å². The first kappa shape index (κ1) is 31.9. The molecule has 0 radical (unpaired) electrons. The molecule has 3 rings (SSSR count). The number of aryl methyl sites for hydroxylation is 1. The highest BCUT2D eigenvalue weighted by atomic mass is 28.4. The van der Waals surface area contributed by atoms with Crippen LogP contribution in [-0.4, -0.2) is 45.9 Å². The highest BCUT2D eigenvalue weighted by Gasteiger charge is 2.47. The Morgan fingerprint density at radius 2 is 1.51 bits per heavy atom. The minimum atomic E-state index is -2.31. The summed E-state index contributed by atoms with van der Waals surface area (Å²) in [4.78, 5) is 38.8. The average Bonchev–Trinajstić information content (AvgIpc) is 2.85. The smallest absolute Gasteiger partial charge is 0.411 e. The van der Waals surface area contributed by atoms with Gasteiger partial charge in [-0.05, 0) is 73.5 Å². The van der Waals surface area contributed by atoms with Crippen LogP contribution in [0.4, 0.5) is 16.2 Å². The summed E-state index contributed by atoms with van der Waals surface area (Å²) in [5.74, 6) is 0.496. The van der Waals surface area contributed by atoms with E-state index in [4.69, 9.17) is 13.6 Å². The summed E-state index contributed by atoms with van der Waals surface area (Å²) in [6, 6.07) is 12.0. The molecule has 0 saturated heterocycles. The van der Waals surface area contributed by atoms with Crippen molar-refractivity contribution in [3.05, 3.63) is 64.0 Å². The first-order valence-electron chi connectivity index (χ1n) is 14.0. The molecular formula is C31H43N3O6Si. The minimum absolute atomic E-state index is 0.0703. The molecule has 0 atom stereocenters. The van der Waals surface area contributed by atoms with Crippen LogP contribution < -0.4 is 20.7 Å². The number of anilines is 2. The second-order valence-electron chi connectivity index (χ2n) is 11.7. The fourth-order valence-corrected chi connectivity index (χ4v) is 10.9. The molecule has 1 heterocycles. The topological polar surface area (TPSA) is 110 Å². The van der Waals surface area contributed by atoms with Gasteiger partial charge in [0.1, 0.15) is 17.9 Å². The lowest BCUT2D eigenvalue weighted by atomic mass is 10.1. The summed E-state index contributed by atoms with van der Waals surface area (Å²) in [7, 11) is 1.34. The Labute approximate surface area is 243 Å². The van der Waals surface area contributed by atoms with Crippen LogP contribution in [0.5, 0.6) is 5.75 Å². The molecule has 2 amide bonds. The van der Waals surface area contributed by atoms with E-state index >= 15 is 0 Å². The number of rotatable bonds is 11. The third-order valence-electron chi connectivity index (χ3n) is 7.35. The Kier molecular flexibility index (Phi) is 10.4. The number of ether oxygens (including phenoxy) is 1. The maximum atomic E-state index is 12.8. The molecule has 3 aromatic rings. The van der Waals surface area contributed by atoms with E-state index in [0.717, 1.165) is 10.9 Å². The molecule has 41 heavy (non-hydrogen) atoms. The molecule has 222 valence electrons. The fraction of sp³-hybridized carbons (Fsp3) is 0.452. The molecule has 1 aromatic heterocycles. The molecule has 2 N–H and O–H groups in total. The van der Waals surface area contributed by atoms with Gasteiger partial charge in [-0.25, -0.2) is 9.59 Å². The maximum absolute atomic E-state index is 12.8. The molecule has 0 aliphatic heterocycles. The van der Waals surface area contributed by atoms with Crippen LogP contribution in [0, 0.1) is 6.92 Å².